The summed E-state index contributed by atoms with van der Waals surface area (Å²) < 4.78 is 38.8. The summed E-state index contributed by atoms with van der Waals surface area (Å²) >= 11 is 0. The largest absolute Gasteiger partial charge is 0.488 e. The molecule has 0 aliphatic heterocycles. The minimum absolute atomic E-state index is 0.00146. The smallest absolute Gasteiger partial charge is 0.206 e. The second kappa shape index (κ2) is 12.6. The normalized spacial score (nSPS) is 12.7. The summed E-state index contributed by atoms with van der Waals surface area (Å²) in [5.41, 5.74) is 3.12. The molecule has 4 aromatic rings. The molecule has 4 aromatic carbocycles. The van der Waals surface area contributed by atoms with Crippen LogP contribution in [0, 0.1) is 0 Å². The van der Waals surface area contributed by atoms with Gasteiger partial charge in [-0.2, -0.15) is 0 Å². The Hall–Kier alpha value is -3.57. The number of hydrogen-bond donors (Lipinski definition) is 0. The lowest BCUT2D eigenvalue weighted by Gasteiger charge is -2.30. The topological polar surface area (TPSA) is 52.6 Å². The van der Waals surface area contributed by atoms with E-state index in [0.717, 1.165) is 36.1 Å². The van der Waals surface area contributed by atoms with Crippen LogP contribution in [0.3, 0.4) is 0 Å². The minimum Gasteiger partial charge on any atom is -0.488 e. The maximum absolute atomic E-state index is 13.2. The van der Waals surface area contributed by atoms with Gasteiger partial charge in [-0.3, -0.25) is 0 Å². The van der Waals surface area contributed by atoms with E-state index < -0.39 is 9.84 Å². The summed E-state index contributed by atoms with van der Waals surface area (Å²) in [5, 5.41) is 0. The number of ether oxygens (including phenoxy) is 2. The van der Waals surface area contributed by atoms with Crippen LogP contribution in [0.15, 0.2) is 107 Å². The predicted molar refractivity (Wildman–Crippen MR) is 176 cm³/mol. The fourth-order valence-corrected chi connectivity index (χ4v) is 6.23. The molecule has 0 aliphatic carbocycles. The van der Waals surface area contributed by atoms with Crippen molar-refractivity contribution < 1.29 is 17.9 Å². The van der Waals surface area contributed by atoms with Gasteiger partial charge >= 0.3 is 0 Å². The number of benzene rings is 4. The predicted octanol–water partition coefficient (Wildman–Crippen LogP) is 10.3. The van der Waals surface area contributed by atoms with E-state index in [1.165, 1.54) is 5.56 Å². The fraction of sp³-hybridized carbons (Fsp3) is 0.368. The number of hydrogen-bond acceptors (Lipinski definition) is 4. The molecule has 0 unspecified atom stereocenters. The summed E-state index contributed by atoms with van der Waals surface area (Å²) in [6.45, 7) is 17.3. The Morgan fingerprint density at radius 1 is 0.512 bits per heavy atom. The maximum Gasteiger partial charge on any atom is 0.206 e. The highest BCUT2D eigenvalue weighted by molar-refractivity contribution is 7.91. The van der Waals surface area contributed by atoms with Gasteiger partial charge in [-0.1, -0.05) is 84.9 Å². The fourth-order valence-electron chi connectivity index (χ4n) is 4.97. The van der Waals surface area contributed by atoms with Gasteiger partial charge < -0.3 is 9.47 Å². The van der Waals surface area contributed by atoms with E-state index in [0.29, 0.717) is 11.5 Å². The van der Waals surface area contributed by atoms with Crippen LogP contribution in [0.5, 0.6) is 17.2 Å². The first-order valence-corrected chi connectivity index (χ1v) is 16.8. The minimum atomic E-state index is -3.62. The Kier molecular flexibility index (Phi) is 9.46. The molecule has 0 heterocycles. The zero-order valence-electron chi connectivity index (χ0n) is 26.9. The van der Waals surface area contributed by atoms with E-state index >= 15 is 0 Å². The van der Waals surface area contributed by atoms with Gasteiger partial charge in [-0.15, -0.1) is 0 Å². The molecular weight excluding hydrogens is 552 g/mol. The molecule has 4 rings (SSSR count). The van der Waals surface area contributed by atoms with Crippen LogP contribution in [-0.4, -0.2) is 14.0 Å². The highest BCUT2D eigenvalue weighted by Gasteiger charge is 2.25. The summed E-state index contributed by atoms with van der Waals surface area (Å²) in [6.07, 6.45) is 2.89. The summed E-state index contributed by atoms with van der Waals surface area (Å²) in [4.78, 5) is 0.530. The first-order chi connectivity index (χ1) is 20.2. The highest BCUT2D eigenvalue weighted by atomic mass is 32.2. The van der Waals surface area contributed by atoms with E-state index in [-0.39, 0.29) is 26.2 Å². The molecule has 4 nitrogen and oxygen atoms in total. The van der Waals surface area contributed by atoms with Crippen molar-refractivity contribution in [1.82, 2.24) is 0 Å². The zero-order valence-corrected chi connectivity index (χ0v) is 27.7. The van der Waals surface area contributed by atoms with Crippen molar-refractivity contribution in [2.45, 2.75) is 101 Å². The van der Waals surface area contributed by atoms with Crippen LogP contribution in [0.1, 0.15) is 91.3 Å². The van der Waals surface area contributed by atoms with Crippen molar-refractivity contribution in [3.8, 4) is 17.2 Å². The van der Waals surface area contributed by atoms with E-state index in [1.807, 2.05) is 24.3 Å². The van der Waals surface area contributed by atoms with Gasteiger partial charge in [0.25, 0.3) is 0 Å². The third kappa shape index (κ3) is 7.15. The second-order valence-electron chi connectivity index (χ2n) is 12.8. The lowest BCUT2D eigenvalue weighted by atomic mass is 9.78. The van der Waals surface area contributed by atoms with E-state index in [1.54, 1.807) is 36.4 Å². The average molecular weight is 599 g/mol. The van der Waals surface area contributed by atoms with Crippen LogP contribution < -0.4 is 9.47 Å². The molecule has 0 radical (unpaired) electrons. The molecule has 0 aromatic heterocycles. The van der Waals surface area contributed by atoms with Crippen molar-refractivity contribution >= 4 is 9.84 Å². The molecule has 0 aliphatic rings. The van der Waals surface area contributed by atoms with Crippen LogP contribution in [0.4, 0.5) is 0 Å². The standard InChI is InChI=1S/C38H46O4S/c1-9-36(4,5)28-16-24-34(25-17-28)43(39,40)35-26-22-32(23-27-35)41-31-18-12-29(13-19-31)37(6,7)30-14-20-33(21-15-30)42-38(8,10-2)11-3/h12-27H,9-11H2,1-8H3. The zero-order chi connectivity index (χ0) is 31.5. The highest BCUT2D eigenvalue weighted by Crippen LogP contribution is 2.35. The van der Waals surface area contributed by atoms with Crippen LogP contribution in [-0.2, 0) is 20.7 Å². The van der Waals surface area contributed by atoms with Crippen molar-refractivity contribution in [1.29, 1.82) is 0 Å². The van der Waals surface area contributed by atoms with Gasteiger partial charge in [0.15, 0.2) is 0 Å². The SMILES string of the molecule is CCC(C)(CC)Oc1ccc(C(C)(C)c2ccc(Oc3ccc(S(=O)(=O)c4ccc(C(C)(C)CC)cc4)cc3)cc2)cc1. The van der Waals surface area contributed by atoms with Crippen molar-refractivity contribution in [3.05, 3.63) is 114 Å². The van der Waals surface area contributed by atoms with Gasteiger partial charge in [-0.05, 0) is 109 Å². The Morgan fingerprint density at radius 2 is 0.884 bits per heavy atom. The molecule has 5 heteroatoms. The first-order valence-electron chi connectivity index (χ1n) is 15.3. The molecule has 0 N–H and O–H groups in total. The van der Waals surface area contributed by atoms with Crippen LogP contribution in [0.2, 0.25) is 0 Å². The third-order valence-corrected chi connectivity index (χ3v) is 11.0. The molecule has 0 amide bonds. The summed E-state index contributed by atoms with van der Waals surface area (Å²) in [5.74, 6) is 2.15. The van der Waals surface area contributed by atoms with Crippen LogP contribution >= 0.6 is 0 Å². The van der Waals surface area contributed by atoms with Gasteiger partial charge in [-0.25, -0.2) is 8.42 Å². The number of sulfone groups is 1. The molecule has 0 atom stereocenters. The molecule has 43 heavy (non-hydrogen) atoms. The molecule has 0 saturated carbocycles. The van der Waals surface area contributed by atoms with Crippen molar-refractivity contribution in [2.24, 2.45) is 0 Å². The summed E-state index contributed by atoms with van der Waals surface area (Å²) in [6, 6.07) is 30.3. The van der Waals surface area contributed by atoms with Crippen LogP contribution in [0.25, 0.3) is 0 Å². The van der Waals surface area contributed by atoms with Gasteiger partial charge in [0.1, 0.15) is 22.8 Å². The van der Waals surface area contributed by atoms with Crippen molar-refractivity contribution in [2.75, 3.05) is 0 Å². The summed E-state index contributed by atoms with van der Waals surface area (Å²) in [7, 11) is -3.62. The third-order valence-electron chi connectivity index (χ3n) is 9.21. The second-order valence-corrected chi connectivity index (χ2v) is 14.7. The number of rotatable bonds is 12. The van der Waals surface area contributed by atoms with E-state index in [4.69, 9.17) is 9.47 Å². The van der Waals surface area contributed by atoms with Gasteiger partial charge in [0.2, 0.25) is 9.84 Å². The van der Waals surface area contributed by atoms with E-state index in [2.05, 4.69) is 91.8 Å². The molecule has 0 saturated heterocycles. The quantitative estimate of drug-likeness (QED) is 0.163. The molecule has 0 spiro atoms. The molecular formula is C38H46O4S. The molecule has 0 fully saturated rings. The van der Waals surface area contributed by atoms with Gasteiger partial charge in [0, 0.05) is 5.41 Å². The Bertz CT molecular complexity index is 1590. The molecule has 228 valence electrons. The Balaban J connectivity index is 1.44. The lowest BCUT2D eigenvalue weighted by molar-refractivity contribution is 0.0802. The van der Waals surface area contributed by atoms with Crippen molar-refractivity contribution in [3.63, 3.8) is 0 Å². The monoisotopic (exact) mass is 598 g/mol. The average Bonchev–Trinajstić information content (AvgIpc) is 3.02. The Labute approximate surface area is 259 Å². The van der Waals surface area contributed by atoms with Gasteiger partial charge in [0.05, 0.1) is 9.79 Å². The Morgan fingerprint density at radius 3 is 1.30 bits per heavy atom. The molecule has 0 bridgehead atoms. The maximum atomic E-state index is 13.2. The lowest BCUT2D eigenvalue weighted by Crippen LogP contribution is -2.30. The first kappa shape index (κ1) is 32.3. The van der Waals surface area contributed by atoms with E-state index in [9.17, 15) is 8.42 Å².